The van der Waals surface area contributed by atoms with Crippen molar-refractivity contribution in [3.05, 3.63) is 68.9 Å². The van der Waals surface area contributed by atoms with E-state index >= 15 is 0 Å². The molecule has 1 aliphatic heterocycles. The number of para-hydroxylation sites is 1. The Morgan fingerprint density at radius 2 is 2.09 bits per heavy atom. The molecule has 0 spiro atoms. The fourth-order valence-corrected chi connectivity index (χ4v) is 2.56. The maximum absolute atomic E-state index is 12.1. The molecule has 116 valence electrons. The fraction of sp³-hybridized carbons (Fsp3) is 0.118. The number of nitrogens with one attached hydrogen (secondary N) is 1. The number of aromatic nitrogens is 2. The minimum Gasteiger partial charge on any atom is -0.494 e. The number of rotatable bonds is 3. The average Bonchev–Trinajstić information content (AvgIpc) is 2.83. The first-order chi connectivity index (χ1) is 11.0. The lowest BCUT2D eigenvalue weighted by molar-refractivity contribution is 0.409. The predicted octanol–water partition coefficient (Wildman–Crippen LogP) is 2.07. The van der Waals surface area contributed by atoms with Crippen LogP contribution in [-0.4, -0.2) is 20.4 Å². The number of benzene rings is 1. The number of aliphatic imine (C=N–C) groups is 1. The highest BCUT2D eigenvalue weighted by atomic mass is 16.3. The molecule has 0 fully saturated rings. The van der Waals surface area contributed by atoms with Crippen molar-refractivity contribution in [1.29, 1.82) is 0 Å². The molecule has 0 radical (unpaired) electrons. The van der Waals surface area contributed by atoms with Crippen molar-refractivity contribution in [2.45, 2.75) is 13.5 Å². The summed E-state index contributed by atoms with van der Waals surface area (Å²) in [5, 5.41) is 10.3. The number of aromatic hydroxyl groups is 1. The number of fused-ring (bicyclic) bond motifs is 1. The quantitative estimate of drug-likeness (QED) is 0.851. The van der Waals surface area contributed by atoms with Gasteiger partial charge in [0.2, 0.25) is 5.88 Å². The summed E-state index contributed by atoms with van der Waals surface area (Å²) >= 11 is 0. The molecule has 6 heteroatoms. The van der Waals surface area contributed by atoms with Gasteiger partial charge >= 0.3 is 5.69 Å². The molecule has 2 N–H and O–H groups in total. The van der Waals surface area contributed by atoms with Crippen LogP contribution in [0.15, 0.2) is 51.5 Å². The van der Waals surface area contributed by atoms with Crippen LogP contribution >= 0.6 is 0 Å². The number of hydrogen-bond donors (Lipinski definition) is 2. The van der Waals surface area contributed by atoms with Crippen molar-refractivity contribution in [2.24, 2.45) is 4.99 Å². The van der Waals surface area contributed by atoms with E-state index in [9.17, 15) is 14.7 Å². The molecular formula is C17H15N3O3. The molecule has 23 heavy (non-hydrogen) atoms. The van der Waals surface area contributed by atoms with Gasteiger partial charge in [-0.3, -0.25) is 19.3 Å². The van der Waals surface area contributed by atoms with Gasteiger partial charge in [-0.25, -0.2) is 4.79 Å². The topological polar surface area (TPSA) is 87.4 Å². The maximum Gasteiger partial charge on any atom is 0.331 e. The van der Waals surface area contributed by atoms with Crippen LogP contribution < -0.4 is 11.2 Å². The summed E-state index contributed by atoms with van der Waals surface area (Å²) in [7, 11) is 0. The minimum absolute atomic E-state index is 0.0210. The van der Waals surface area contributed by atoms with E-state index in [2.05, 4.69) is 16.6 Å². The summed E-state index contributed by atoms with van der Waals surface area (Å²) in [5.41, 5.74) is 1.88. The lowest BCUT2D eigenvalue weighted by Crippen LogP contribution is -2.31. The van der Waals surface area contributed by atoms with Crippen molar-refractivity contribution in [2.75, 3.05) is 0 Å². The first kappa shape index (κ1) is 14.8. The molecule has 0 saturated heterocycles. The lowest BCUT2D eigenvalue weighted by atomic mass is 10.0. The highest BCUT2D eigenvalue weighted by Gasteiger charge is 2.19. The number of allylic oxidation sites excluding steroid dienone is 2. The Labute approximate surface area is 131 Å². The van der Waals surface area contributed by atoms with Crippen molar-refractivity contribution < 1.29 is 5.11 Å². The van der Waals surface area contributed by atoms with E-state index in [-0.39, 0.29) is 18.0 Å². The van der Waals surface area contributed by atoms with Gasteiger partial charge in [0.05, 0.1) is 5.69 Å². The number of nitrogens with zero attached hydrogens (tertiary/aromatic N) is 2. The molecule has 2 aromatic rings. The summed E-state index contributed by atoms with van der Waals surface area (Å²) in [6.07, 6.45) is 3.02. The van der Waals surface area contributed by atoms with Gasteiger partial charge in [-0.2, -0.15) is 0 Å². The van der Waals surface area contributed by atoms with Crippen LogP contribution in [-0.2, 0) is 6.54 Å². The Hall–Kier alpha value is -3.15. The molecular weight excluding hydrogens is 294 g/mol. The van der Waals surface area contributed by atoms with Crippen LogP contribution in [0.2, 0.25) is 0 Å². The molecule has 1 aromatic carbocycles. The molecule has 3 rings (SSSR count). The van der Waals surface area contributed by atoms with Crippen molar-refractivity contribution >= 4 is 23.0 Å². The molecule has 0 amide bonds. The van der Waals surface area contributed by atoms with Gasteiger partial charge in [0, 0.05) is 23.4 Å². The summed E-state index contributed by atoms with van der Waals surface area (Å²) in [6.45, 7) is 5.47. The van der Waals surface area contributed by atoms with Crippen LogP contribution in [0.5, 0.6) is 5.88 Å². The van der Waals surface area contributed by atoms with Crippen molar-refractivity contribution in [3.8, 4) is 5.88 Å². The number of H-pyrrole nitrogens is 1. The summed E-state index contributed by atoms with van der Waals surface area (Å²) in [6, 6.07) is 7.53. The molecule has 0 bridgehead atoms. The largest absolute Gasteiger partial charge is 0.494 e. The number of aromatic amines is 1. The van der Waals surface area contributed by atoms with Gasteiger partial charge in [0.25, 0.3) is 5.56 Å². The summed E-state index contributed by atoms with van der Waals surface area (Å²) in [4.78, 5) is 30.5. The zero-order chi connectivity index (χ0) is 16.6. The Morgan fingerprint density at radius 1 is 1.35 bits per heavy atom. The number of hydrogen-bond acceptors (Lipinski definition) is 4. The second-order valence-corrected chi connectivity index (χ2v) is 5.17. The van der Waals surface area contributed by atoms with Gasteiger partial charge < -0.3 is 5.11 Å². The Balaban J connectivity index is 2.23. The molecule has 1 aliphatic rings. The van der Waals surface area contributed by atoms with E-state index in [0.717, 1.165) is 27.1 Å². The third-order valence-electron chi connectivity index (χ3n) is 3.68. The monoisotopic (exact) mass is 309 g/mol. The SMILES string of the molecule is C=CCn1c(O)c(/C=C2/C(C)=Nc3ccccc32)c(=O)[nH]c1=O. The molecule has 0 unspecified atom stereocenters. The standard InChI is InChI=1S/C17H15N3O3/c1-3-8-20-16(22)13(15(21)19-17(20)23)9-12-10(2)18-14-7-5-4-6-11(12)14/h3-7,9,22H,1,8H2,2H3,(H,19,21,23)/b12-9-. The smallest absolute Gasteiger partial charge is 0.331 e. The molecule has 0 aliphatic carbocycles. The second kappa shape index (κ2) is 5.57. The van der Waals surface area contributed by atoms with E-state index in [0.29, 0.717) is 0 Å². The Bertz CT molecular complexity index is 977. The maximum atomic E-state index is 12.1. The van der Waals surface area contributed by atoms with E-state index in [1.54, 1.807) is 6.08 Å². The predicted molar refractivity (Wildman–Crippen MR) is 90.3 cm³/mol. The van der Waals surface area contributed by atoms with Crippen LogP contribution in [0.25, 0.3) is 11.6 Å². The summed E-state index contributed by atoms with van der Waals surface area (Å²) in [5.74, 6) is -0.386. The second-order valence-electron chi connectivity index (χ2n) is 5.17. The van der Waals surface area contributed by atoms with Crippen LogP contribution in [0.3, 0.4) is 0 Å². The molecule has 0 atom stereocenters. The third-order valence-corrected chi connectivity index (χ3v) is 3.68. The van der Waals surface area contributed by atoms with Gasteiger partial charge in [-0.05, 0) is 19.1 Å². The van der Waals surface area contributed by atoms with Gasteiger partial charge in [0.1, 0.15) is 5.56 Å². The van der Waals surface area contributed by atoms with Crippen LogP contribution in [0.4, 0.5) is 5.69 Å². The van der Waals surface area contributed by atoms with Crippen molar-refractivity contribution in [1.82, 2.24) is 9.55 Å². The van der Waals surface area contributed by atoms with Crippen molar-refractivity contribution in [3.63, 3.8) is 0 Å². The first-order valence-electron chi connectivity index (χ1n) is 7.06. The van der Waals surface area contributed by atoms with Gasteiger partial charge in [-0.15, -0.1) is 6.58 Å². The van der Waals surface area contributed by atoms with E-state index in [4.69, 9.17) is 0 Å². The van der Waals surface area contributed by atoms with Crippen LogP contribution in [0.1, 0.15) is 18.1 Å². The lowest BCUT2D eigenvalue weighted by Gasteiger charge is -2.08. The summed E-state index contributed by atoms with van der Waals surface area (Å²) < 4.78 is 1.05. The highest BCUT2D eigenvalue weighted by Crippen LogP contribution is 2.35. The minimum atomic E-state index is -0.674. The van der Waals surface area contributed by atoms with E-state index in [1.807, 2.05) is 31.2 Å². The highest BCUT2D eigenvalue weighted by molar-refractivity contribution is 6.31. The molecule has 2 heterocycles. The zero-order valence-corrected chi connectivity index (χ0v) is 12.5. The average molecular weight is 309 g/mol. The van der Waals surface area contributed by atoms with Gasteiger partial charge in [0.15, 0.2) is 0 Å². The molecule has 6 nitrogen and oxygen atoms in total. The first-order valence-corrected chi connectivity index (χ1v) is 7.06. The Kier molecular flexibility index (Phi) is 3.57. The fourth-order valence-electron chi connectivity index (χ4n) is 2.56. The third kappa shape index (κ3) is 2.44. The Morgan fingerprint density at radius 3 is 2.83 bits per heavy atom. The molecule has 0 saturated carbocycles. The van der Waals surface area contributed by atoms with Gasteiger partial charge in [-0.1, -0.05) is 24.3 Å². The van der Waals surface area contributed by atoms with E-state index in [1.165, 1.54) is 6.08 Å². The zero-order valence-electron chi connectivity index (χ0n) is 12.5. The van der Waals surface area contributed by atoms with Crippen LogP contribution in [0, 0.1) is 0 Å². The van der Waals surface area contributed by atoms with E-state index < -0.39 is 11.2 Å². The normalized spacial score (nSPS) is 14.7. The molecule has 1 aromatic heterocycles.